The number of likely N-dealkylation sites (tertiary alicyclic amines) is 1. The minimum absolute atomic E-state index is 0.0659. The summed E-state index contributed by atoms with van der Waals surface area (Å²) in [6.07, 6.45) is 3.40. The fourth-order valence-corrected chi connectivity index (χ4v) is 2.66. The molecule has 16 heavy (non-hydrogen) atoms. The Morgan fingerprint density at radius 3 is 2.81 bits per heavy atom. The van der Waals surface area contributed by atoms with Crippen LogP contribution in [0.5, 0.6) is 0 Å². The molecule has 1 N–H and O–H groups in total. The van der Waals surface area contributed by atoms with Crippen molar-refractivity contribution in [3.05, 3.63) is 0 Å². The summed E-state index contributed by atoms with van der Waals surface area (Å²) in [5, 5.41) is 3.24. The lowest BCUT2D eigenvalue weighted by Gasteiger charge is -2.40. The largest absolute Gasteiger partial charge is 0.378 e. The fourth-order valence-electron chi connectivity index (χ4n) is 2.66. The van der Waals surface area contributed by atoms with E-state index >= 15 is 0 Å². The number of nitrogens with zero attached hydrogens (tertiary/aromatic N) is 1. The van der Waals surface area contributed by atoms with Crippen LogP contribution in [0.4, 0.5) is 0 Å². The van der Waals surface area contributed by atoms with Crippen LogP contribution in [0.25, 0.3) is 0 Å². The molecule has 4 nitrogen and oxygen atoms in total. The highest BCUT2D eigenvalue weighted by Gasteiger charge is 2.41. The van der Waals surface area contributed by atoms with Crippen molar-refractivity contribution in [2.24, 2.45) is 0 Å². The highest BCUT2D eigenvalue weighted by Crippen LogP contribution is 2.31. The molecule has 1 atom stereocenters. The van der Waals surface area contributed by atoms with Gasteiger partial charge in [-0.05, 0) is 32.7 Å². The Bertz CT molecular complexity index is 251. The molecular weight excluding hydrogens is 204 g/mol. The van der Waals surface area contributed by atoms with Gasteiger partial charge in [0.05, 0.1) is 12.1 Å². The van der Waals surface area contributed by atoms with Crippen molar-refractivity contribution < 1.29 is 9.53 Å². The molecule has 2 aliphatic rings. The van der Waals surface area contributed by atoms with Gasteiger partial charge in [-0.15, -0.1) is 0 Å². The molecule has 1 unspecified atom stereocenters. The summed E-state index contributed by atoms with van der Waals surface area (Å²) >= 11 is 0. The molecule has 0 spiro atoms. The van der Waals surface area contributed by atoms with Gasteiger partial charge < -0.3 is 15.0 Å². The van der Waals surface area contributed by atoms with Crippen molar-refractivity contribution in [3.63, 3.8) is 0 Å². The van der Waals surface area contributed by atoms with E-state index in [1.54, 1.807) is 0 Å². The minimum atomic E-state index is 0.0659. The number of hydrogen-bond acceptors (Lipinski definition) is 3. The van der Waals surface area contributed by atoms with Crippen LogP contribution in [-0.2, 0) is 9.53 Å². The first-order valence-electron chi connectivity index (χ1n) is 6.41. The molecule has 0 aromatic heterocycles. The lowest BCUT2D eigenvalue weighted by molar-refractivity contribution is -0.136. The van der Waals surface area contributed by atoms with Gasteiger partial charge in [0.2, 0.25) is 5.91 Å². The lowest BCUT2D eigenvalue weighted by atomic mass is 9.88. The van der Waals surface area contributed by atoms with Gasteiger partial charge in [0.1, 0.15) is 0 Å². The maximum absolute atomic E-state index is 12.0. The SMILES string of the molecule is CCNC1CCN(C2CC(OCC)C2)C1=O. The van der Waals surface area contributed by atoms with Crippen LogP contribution in [0, 0.1) is 0 Å². The summed E-state index contributed by atoms with van der Waals surface area (Å²) in [7, 11) is 0. The van der Waals surface area contributed by atoms with E-state index in [0.717, 1.165) is 39.0 Å². The summed E-state index contributed by atoms with van der Waals surface area (Å²) < 4.78 is 5.52. The Morgan fingerprint density at radius 2 is 2.19 bits per heavy atom. The summed E-state index contributed by atoms with van der Waals surface area (Å²) in [4.78, 5) is 14.1. The highest BCUT2D eigenvalue weighted by atomic mass is 16.5. The van der Waals surface area contributed by atoms with Crippen LogP contribution in [0.1, 0.15) is 33.1 Å². The van der Waals surface area contributed by atoms with E-state index in [2.05, 4.69) is 5.32 Å². The lowest BCUT2D eigenvalue weighted by Crippen LogP contribution is -2.50. The first-order valence-corrected chi connectivity index (χ1v) is 6.41. The highest BCUT2D eigenvalue weighted by molar-refractivity contribution is 5.84. The van der Waals surface area contributed by atoms with Gasteiger partial charge in [-0.3, -0.25) is 4.79 Å². The smallest absolute Gasteiger partial charge is 0.240 e. The Morgan fingerprint density at radius 1 is 1.44 bits per heavy atom. The fraction of sp³-hybridized carbons (Fsp3) is 0.917. The summed E-state index contributed by atoms with van der Waals surface area (Å²) in [5.74, 6) is 0.293. The quantitative estimate of drug-likeness (QED) is 0.752. The summed E-state index contributed by atoms with van der Waals surface area (Å²) in [6, 6.07) is 0.504. The Labute approximate surface area is 97.3 Å². The van der Waals surface area contributed by atoms with Crippen LogP contribution in [0.3, 0.4) is 0 Å². The van der Waals surface area contributed by atoms with Gasteiger partial charge in [-0.2, -0.15) is 0 Å². The molecule has 1 aliphatic carbocycles. The van der Waals surface area contributed by atoms with Crippen LogP contribution >= 0.6 is 0 Å². The number of carbonyl (C=O) groups is 1. The molecule has 4 heteroatoms. The van der Waals surface area contributed by atoms with Crippen molar-refractivity contribution in [1.82, 2.24) is 10.2 Å². The number of carbonyl (C=O) groups excluding carboxylic acids is 1. The van der Waals surface area contributed by atoms with Crippen molar-refractivity contribution in [1.29, 1.82) is 0 Å². The summed E-state index contributed by atoms with van der Waals surface area (Å²) in [5.41, 5.74) is 0. The van der Waals surface area contributed by atoms with Gasteiger partial charge in [0.15, 0.2) is 0 Å². The third-order valence-electron chi connectivity index (χ3n) is 3.60. The maximum Gasteiger partial charge on any atom is 0.240 e. The van der Waals surface area contributed by atoms with Crippen LogP contribution in [0.15, 0.2) is 0 Å². The Kier molecular flexibility index (Phi) is 3.82. The molecule has 2 fully saturated rings. The molecule has 0 aromatic carbocycles. The average molecular weight is 226 g/mol. The molecule has 1 saturated carbocycles. The van der Waals surface area contributed by atoms with Gasteiger partial charge in [0, 0.05) is 19.2 Å². The van der Waals surface area contributed by atoms with Crippen LogP contribution in [-0.4, -0.2) is 48.7 Å². The van der Waals surface area contributed by atoms with Crippen LogP contribution < -0.4 is 5.32 Å². The van der Waals surface area contributed by atoms with Crippen molar-refractivity contribution in [2.45, 2.75) is 51.3 Å². The minimum Gasteiger partial charge on any atom is -0.378 e. The van der Waals surface area contributed by atoms with E-state index in [0.29, 0.717) is 18.1 Å². The van der Waals surface area contributed by atoms with E-state index in [9.17, 15) is 4.79 Å². The van der Waals surface area contributed by atoms with E-state index in [-0.39, 0.29) is 6.04 Å². The third-order valence-corrected chi connectivity index (χ3v) is 3.60. The Balaban J connectivity index is 1.78. The monoisotopic (exact) mass is 226 g/mol. The summed E-state index contributed by atoms with van der Waals surface area (Å²) in [6.45, 7) is 6.64. The normalized spacial score (nSPS) is 34.2. The predicted octanol–water partition coefficient (Wildman–Crippen LogP) is 0.764. The van der Waals surface area contributed by atoms with Gasteiger partial charge >= 0.3 is 0 Å². The van der Waals surface area contributed by atoms with Crippen LogP contribution in [0.2, 0.25) is 0 Å². The number of rotatable bonds is 5. The topological polar surface area (TPSA) is 41.6 Å². The molecule has 0 bridgehead atoms. The molecule has 0 radical (unpaired) electrons. The first kappa shape index (κ1) is 11.9. The van der Waals surface area contributed by atoms with Crippen molar-refractivity contribution in [2.75, 3.05) is 19.7 Å². The molecule has 1 saturated heterocycles. The number of hydrogen-bond donors (Lipinski definition) is 1. The van der Waals surface area contributed by atoms with E-state index in [1.165, 1.54) is 0 Å². The van der Waals surface area contributed by atoms with Crippen molar-refractivity contribution in [3.8, 4) is 0 Å². The second-order valence-corrected chi connectivity index (χ2v) is 4.63. The zero-order chi connectivity index (χ0) is 11.5. The Hall–Kier alpha value is -0.610. The maximum atomic E-state index is 12.0. The molecule has 92 valence electrons. The second kappa shape index (κ2) is 5.15. The standard InChI is InChI=1S/C12H22N2O2/c1-3-13-11-5-6-14(12(11)15)9-7-10(8-9)16-4-2/h9-11,13H,3-8H2,1-2H3. The second-order valence-electron chi connectivity index (χ2n) is 4.63. The first-order chi connectivity index (χ1) is 7.76. The molecule has 2 rings (SSSR count). The third kappa shape index (κ3) is 2.23. The van der Waals surface area contributed by atoms with Gasteiger partial charge in [0.25, 0.3) is 0 Å². The van der Waals surface area contributed by atoms with E-state index in [1.807, 2.05) is 18.7 Å². The number of amides is 1. The average Bonchev–Trinajstić information content (AvgIpc) is 2.55. The van der Waals surface area contributed by atoms with Gasteiger partial charge in [-0.1, -0.05) is 6.92 Å². The molecule has 0 aromatic rings. The number of ether oxygens (including phenoxy) is 1. The molecule has 1 amide bonds. The van der Waals surface area contributed by atoms with Gasteiger partial charge in [-0.25, -0.2) is 0 Å². The van der Waals surface area contributed by atoms with Crippen molar-refractivity contribution >= 4 is 5.91 Å². The van der Waals surface area contributed by atoms with E-state index < -0.39 is 0 Å². The number of nitrogens with one attached hydrogen (secondary N) is 1. The molecular formula is C12H22N2O2. The van der Waals surface area contributed by atoms with E-state index in [4.69, 9.17) is 4.74 Å². The predicted molar refractivity (Wildman–Crippen MR) is 62.2 cm³/mol. The molecule has 1 aliphatic heterocycles. The number of likely N-dealkylation sites (N-methyl/N-ethyl adjacent to an activating group) is 1. The zero-order valence-corrected chi connectivity index (χ0v) is 10.2. The zero-order valence-electron chi connectivity index (χ0n) is 10.2. The molecule has 1 heterocycles.